The summed E-state index contributed by atoms with van der Waals surface area (Å²) in [7, 11) is 1.58. The lowest BCUT2D eigenvalue weighted by Gasteiger charge is -2.09. The Morgan fingerprint density at radius 3 is 3.00 bits per heavy atom. The molecule has 0 aliphatic carbocycles. The van der Waals surface area contributed by atoms with Gasteiger partial charge in [0.15, 0.2) is 0 Å². The van der Waals surface area contributed by atoms with Crippen molar-refractivity contribution < 1.29 is 9.53 Å². The first-order valence-corrected chi connectivity index (χ1v) is 8.74. The summed E-state index contributed by atoms with van der Waals surface area (Å²) >= 11 is 3.03. The molecule has 0 aliphatic rings. The maximum absolute atomic E-state index is 12.2. The number of aromatic nitrogens is 2. The van der Waals surface area contributed by atoms with Gasteiger partial charge in [0.05, 0.1) is 18.6 Å². The first-order valence-electron chi connectivity index (χ1n) is 6.94. The Hall–Kier alpha value is -2.12. The van der Waals surface area contributed by atoms with Crippen LogP contribution in [0.5, 0.6) is 5.75 Å². The SMILES string of the molecule is COc1ccccc1NC(=O)CSc1ncnc2sc(C)cc12. The smallest absolute Gasteiger partial charge is 0.234 e. The molecule has 3 rings (SSSR count). The van der Waals surface area contributed by atoms with Crippen LogP contribution in [0.2, 0.25) is 0 Å². The molecule has 23 heavy (non-hydrogen) atoms. The van der Waals surface area contributed by atoms with E-state index >= 15 is 0 Å². The van der Waals surface area contributed by atoms with Gasteiger partial charge < -0.3 is 10.1 Å². The Labute approximate surface area is 142 Å². The van der Waals surface area contributed by atoms with Gasteiger partial charge in [0.25, 0.3) is 0 Å². The van der Waals surface area contributed by atoms with Gasteiger partial charge >= 0.3 is 0 Å². The zero-order valence-electron chi connectivity index (χ0n) is 12.7. The van der Waals surface area contributed by atoms with E-state index in [9.17, 15) is 4.79 Å². The monoisotopic (exact) mass is 345 g/mol. The van der Waals surface area contributed by atoms with Crippen LogP contribution in [0.1, 0.15) is 4.88 Å². The molecule has 7 heteroatoms. The summed E-state index contributed by atoms with van der Waals surface area (Å²) in [4.78, 5) is 22.8. The number of methoxy groups -OCH3 is 1. The van der Waals surface area contributed by atoms with E-state index in [0.29, 0.717) is 11.4 Å². The zero-order chi connectivity index (χ0) is 16.2. The molecule has 0 atom stereocenters. The highest BCUT2D eigenvalue weighted by atomic mass is 32.2. The number of nitrogens with zero attached hydrogens (tertiary/aromatic N) is 2. The number of nitrogens with one attached hydrogen (secondary N) is 1. The number of hydrogen-bond acceptors (Lipinski definition) is 6. The number of benzene rings is 1. The molecule has 0 saturated heterocycles. The van der Waals surface area contributed by atoms with E-state index in [4.69, 9.17) is 4.74 Å². The lowest BCUT2D eigenvalue weighted by Crippen LogP contribution is -2.14. The van der Waals surface area contributed by atoms with Crippen LogP contribution in [0.3, 0.4) is 0 Å². The second-order valence-electron chi connectivity index (χ2n) is 4.79. The summed E-state index contributed by atoms with van der Waals surface area (Å²) in [5, 5.41) is 4.69. The van der Waals surface area contributed by atoms with E-state index in [1.165, 1.54) is 16.6 Å². The summed E-state index contributed by atoms with van der Waals surface area (Å²) in [6, 6.07) is 9.39. The first-order chi connectivity index (χ1) is 11.2. The van der Waals surface area contributed by atoms with Gasteiger partial charge in [0, 0.05) is 10.3 Å². The lowest BCUT2D eigenvalue weighted by molar-refractivity contribution is -0.113. The van der Waals surface area contributed by atoms with Crippen molar-refractivity contribution >= 4 is 44.9 Å². The van der Waals surface area contributed by atoms with Crippen LogP contribution in [-0.4, -0.2) is 28.7 Å². The number of amides is 1. The van der Waals surface area contributed by atoms with E-state index in [1.54, 1.807) is 24.8 Å². The Morgan fingerprint density at radius 2 is 2.17 bits per heavy atom. The quantitative estimate of drug-likeness (QED) is 0.564. The lowest BCUT2D eigenvalue weighted by atomic mass is 10.3. The number of thioether (sulfide) groups is 1. The highest BCUT2D eigenvalue weighted by Gasteiger charge is 2.11. The fourth-order valence-electron chi connectivity index (χ4n) is 2.14. The van der Waals surface area contributed by atoms with E-state index in [-0.39, 0.29) is 11.7 Å². The summed E-state index contributed by atoms with van der Waals surface area (Å²) in [6.07, 6.45) is 1.54. The minimum Gasteiger partial charge on any atom is -0.495 e. The normalized spacial score (nSPS) is 10.7. The number of rotatable bonds is 5. The number of ether oxygens (including phenoxy) is 1. The summed E-state index contributed by atoms with van der Waals surface area (Å²) < 4.78 is 5.23. The van der Waals surface area contributed by atoms with Crippen LogP contribution < -0.4 is 10.1 Å². The molecule has 0 aliphatic heterocycles. The topological polar surface area (TPSA) is 64.1 Å². The second-order valence-corrected chi connectivity index (χ2v) is 6.99. The molecule has 2 aromatic heterocycles. The van der Waals surface area contributed by atoms with Gasteiger partial charge in [-0.25, -0.2) is 9.97 Å². The van der Waals surface area contributed by atoms with Crippen molar-refractivity contribution in [3.05, 3.63) is 41.5 Å². The number of thiophene rings is 1. The highest BCUT2D eigenvalue weighted by Crippen LogP contribution is 2.30. The van der Waals surface area contributed by atoms with Crippen LogP contribution in [0.15, 0.2) is 41.7 Å². The molecule has 0 fully saturated rings. The van der Waals surface area contributed by atoms with Crippen molar-refractivity contribution in [2.45, 2.75) is 11.9 Å². The molecule has 2 heterocycles. The van der Waals surface area contributed by atoms with Gasteiger partial charge in [-0.15, -0.1) is 11.3 Å². The highest BCUT2D eigenvalue weighted by molar-refractivity contribution is 8.00. The molecule has 0 saturated carbocycles. The first kappa shape index (κ1) is 15.8. The van der Waals surface area contributed by atoms with Gasteiger partial charge in [-0.1, -0.05) is 23.9 Å². The summed E-state index contributed by atoms with van der Waals surface area (Å²) in [6.45, 7) is 2.04. The maximum Gasteiger partial charge on any atom is 0.234 e. The predicted molar refractivity (Wildman–Crippen MR) is 94.5 cm³/mol. The molecule has 0 unspecified atom stereocenters. The molecule has 0 spiro atoms. The number of fused-ring (bicyclic) bond motifs is 1. The van der Waals surface area contributed by atoms with Gasteiger partial charge in [0.2, 0.25) is 5.91 Å². The predicted octanol–water partition coefficient (Wildman–Crippen LogP) is 3.74. The third-order valence-electron chi connectivity index (χ3n) is 3.14. The minimum absolute atomic E-state index is 0.0989. The Balaban J connectivity index is 1.69. The number of aryl methyl sites for hydroxylation is 1. The van der Waals surface area contributed by atoms with Crippen molar-refractivity contribution in [2.75, 3.05) is 18.2 Å². The Kier molecular flexibility index (Phi) is 4.78. The number of carbonyl (C=O) groups excluding carboxylic acids is 1. The minimum atomic E-state index is -0.0989. The third-order valence-corrected chi connectivity index (χ3v) is 5.10. The zero-order valence-corrected chi connectivity index (χ0v) is 14.3. The number of carbonyl (C=O) groups is 1. The molecule has 1 aromatic carbocycles. The standard InChI is InChI=1S/C16H15N3O2S2/c1-10-7-11-15(17-9-18-16(11)23-10)22-8-14(20)19-12-5-3-4-6-13(12)21-2/h3-7,9H,8H2,1-2H3,(H,19,20). The van der Waals surface area contributed by atoms with E-state index in [1.807, 2.05) is 31.2 Å². The van der Waals surface area contributed by atoms with Crippen molar-refractivity contribution in [3.8, 4) is 5.75 Å². The van der Waals surface area contributed by atoms with E-state index in [2.05, 4.69) is 21.4 Å². The largest absolute Gasteiger partial charge is 0.495 e. The molecule has 3 aromatic rings. The maximum atomic E-state index is 12.2. The molecule has 5 nitrogen and oxygen atoms in total. The van der Waals surface area contributed by atoms with Crippen LogP contribution in [-0.2, 0) is 4.79 Å². The van der Waals surface area contributed by atoms with Gasteiger partial charge in [-0.2, -0.15) is 0 Å². The van der Waals surface area contributed by atoms with E-state index in [0.717, 1.165) is 15.2 Å². The van der Waals surface area contributed by atoms with Crippen molar-refractivity contribution in [1.82, 2.24) is 9.97 Å². The summed E-state index contributed by atoms with van der Waals surface area (Å²) in [5.74, 6) is 0.820. The van der Waals surface area contributed by atoms with E-state index < -0.39 is 0 Å². The van der Waals surface area contributed by atoms with Crippen molar-refractivity contribution in [3.63, 3.8) is 0 Å². The molecule has 118 valence electrons. The fourth-order valence-corrected chi connectivity index (χ4v) is 3.82. The fraction of sp³-hybridized carbons (Fsp3) is 0.188. The van der Waals surface area contributed by atoms with Crippen molar-refractivity contribution in [2.24, 2.45) is 0 Å². The van der Waals surface area contributed by atoms with Gasteiger partial charge in [0.1, 0.15) is 21.9 Å². The van der Waals surface area contributed by atoms with Gasteiger partial charge in [-0.05, 0) is 25.1 Å². The van der Waals surface area contributed by atoms with Crippen LogP contribution in [0.4, 0.5) is 5.69 Å². The number of para-hydroxylation sites is 2. The van der Waals surface area contributed by atoms with Gasteiger partial charge in [-0.3, -0.25) is 4.79 Å². The molecular weight excluding hydrogens is 330 g/mol. The van der Waals surface area contributed by atoms with Crippen LogP contribution in [0.25, 0.3) is 10.2 Å². The molecular formula is C16H15N3O2S2. The van der Waals surface area contributed by atoms with Crippen LogP contribution >= 0.6 is 23.1 Å². The Morgan fingerprint density at radius 1 is 1.35 bits per heavy atom. The average Bonchev–Trinajstić information content (AvgIpc) is 2.94. The second kappa shape index (κ2) is 6.97. The molecule has 1 N–H and O–H groups in total. The molecule has 1 amide bonds. The molecule has 0 bridgehead atoms. The molecule has 0 radical (unpaired) electrons. The Bertz CT molecular complexity index is 848. The van der Waals surface area contributed by atoms with Crippen LogP contribution in [0, 0.1) is 6.92 Å². The number of anilines is 1. The number of hydrogen-bond donors (Lipinski definition) is 1. The third kappa shape index (κ3) is 3.62. The summed E-state index contributed by atoms with van der Waals surface area (Å²) in [5.41, 5.74) is 0.666. The average molecular weight is 345 g/mol. The van der Waals surface area contributed by atoms with Crippen molar-refractivity contribution in [1.29, 1.82) is 0 Å².